The number of nitrogens with one attached hydrogen (secondary N) is 1. The van der Waals surface area contributed by atoms with Crippen molar-refractivity contribution in [2.75, 3.05) is 13.7 Å². The van der Waals surface area contributed by atoms with Crippen molar-refractivity contribution in [3.63, 3.8) is 0 Å². The molecule has 0 radical (unpaired) electrons. The first-order valence-corrected chi connectivity index (χ1v) is 7.45. The van der Waals surface area contributed by atoms with Gasteiger partial charge in [0.25, 0.3) is 0 Å². The summed E-state index contributed by atoms with van der Waals surface area (Å²) >= 11 is 0. The van der Waals surface area contributed by atoms with E-state index in [1.807, 2.05) is 30.3 Å². The van der Waals surface area contributed by atoms with Crippen LogP contribution in [0.1, 0.15) is 30.0 Å². The second kappa shape index (κ2) is 7.74. The van der Waals surface area contributed by atoms with Crippen LogP contribution in [0.15, 0.2) is 48.5 Å². The number of halogens is 1. The molecule has 2 atom stereocenters. The molecule has 5 heteroatoms. The lowest BCUT2D eigenvalue weighted by atomic mass is 9.97. The summed E-state index contributed by atoms with van der Waals surface area (Å²) in [5.74, 6) is -0.487. The minimum absolute atomic E-state index is 0.197. The second-order valence-electron chi connectivity index (χ2n) is 5.32. The highest BCUT2D eigenvalue weighted by molar-refractivity contribution is 5.84. The third-order valence-electron chi connectivity index (χ3n) is 3.77. The number of nitrogens with two attached hydrogens (primary N) is 1. The molecular formula is C18H21FN2O2. The molecule has 4 nitrogen and oxygen atoms in total. The van der Waals surface area contributed by atoms with E-state index in [9.17, 15) is 9.18 Å². The van der Waals surface area contributed by atoms with Gasteiger partial charge in [-0.2, -0.15) is 0 Å². The van der Waals surface area contributed by atoms with Gasteiger partial charge >= 0.3 is 0 Å². The fourth-order valence-corrected chi connectivity index (χ4v) is 2.52. The van der Waals surface area contributed by atoms with E-state index in [0.717, 1.165) is 5.56 Å². The molecule has 3 N–H and O–H groups in total. The van der Waals surface area contributed by atoms with E-state index in [0.29, 0.717) is 11.3 Å². The molecule has 2 rings (SSSR count). The molecule has 0 spiro atoms. The van der Waals surface area contributed by atoms with Crippen LogP contribution < -0.4 is 15.8 Å². The van der Waals surface area contributed by atoms with Gasteiger partial charge in [0, 0.05) is 12.1 Å². The van der Waals surface area contributed by atoms with E-state index >= 15 is 0 Å². The van der Waals surface area contributed by atoms with Crippen LogP contribution in [0, 0.1) is 5.82 Å². The minimum Gasteiger partial charge on any atom is -0.496 e. The Balaban J connectivity index is 2.17. The quantitative estimate of drug-likeness (QED) is 0.861. The van der Waals surface area contributed by atoms with Gasteiger partial charge in [0.1, 0.15) is 11.6 Å². The van der Waals surface area contributed by atoms with Gasteiger partial charge in [0.05, 0.1) is 19.1 Å². The molecule has 0 aliphatic heterocycles. The summed E-state index contributed by atoms with van der Waals surface area (Å²) < 4.78 is 18.7. The third-order valence-corrected chi connectivity index (χ3v) is 3.77. The number of benzene rings is 2. The van der Waals surface area contributed by atoms with Gasteiger partial charge in [-0.3, -0.25) is 4.79 Å². The van der Waals surface area contributed by atoms with Gasteiger partial charge in [-0.25, -0.2) is 4.39 Å². The highest BCUT2D eigenvalue weighted by Gasteiger charge is 2.22. The van der Waals surface area contributed by atoms with Gasteiger partial charge in [-0.1, -0.05) is 30.3 Å². The number of amides is 1. The first-order valence-electron chi connectivity index (χ1n) is 7.45. The predicted molar refractivity (Wildman–Crippen MR) is 87.7 cm³/mol. The SMILES string of the molecule is COc1ccc(F)cc1C(C)NC(=O)C(CN)c1ccccc1. The Morgan fingerprint density at radius 3 is 2.57 bits per heavy atom. The topological polar surface area (TPSA) is 64.3 Å². The molecule has 0 heterocycles. The van der Waals surface area contributed by atoms with Crippen molar-refractivity contribution in [1.29, 1.82) is 0 Å². The Morgan fingerprint density at radius 2 is 1.96 bits per heavy atom. The summed E-state index contributed by atoms with van der Waals surface area (Å²) in [4.78, 5) is 12.5. The lowest BCUT2D eigenvalue weighted by Crippen LogP contribution is -2.35. The summed E-state index contributed by atoms with van der Waals surface area (Å²) in [6.45, 7) is 1.98. The molecule has 2 aromatic carbocycles. The molecular weight excluding hydrogens is 295 g/mol. The first kappa shape index (κ1) is 17.0. The molecule has 0 bridgehead atoms. The molecule has 0 saturated carbocycles. The summed E-state index contributed by atoms with van der Waals surface area (Å²) in [5, 5.41) is 2.88. The van der Waals surface area contributed by atoms with Crippen molar-refractivity contribution in [2.24, 2.45) is 5.73 Å². The Morgan fingerprint density at radius 1 is 1.26 bits per heavy atom. The number of carbonyl (C=O) groups excluding carboxylic acids is 1. The van der Waals surface area contributed by atoms with E-state index in [-0.39, 0.29) is 18.3 Å². The Labute approximate surface area is 135 Å². The van der Waals surface area contributed by atoms with Crippen LogP contribution in [-0.2, 0) is 4.79 Å². The summed E-state index contributed by atoms with van der Waals surface area (Å²) in [7, 11) is 1.51. The fourth-order valence-electron chi connectivity index (χ4n) is 2.52. The van der Waals surface area contributed by atoms with Gasteiger partial charge in [-0.15, -0.1) is 0 Å². The van der Waals surface area contributed by atoms with Crippen molar-refractivity contribution in [1.82, 2.24) is 5.32 Å². The van der Waals surface area contributed by atoms with Crippen molar-refractivity contribution in [3.8, 4) is 5.75 Å². The number of hydrogen-bond acceptors (Lipinski definition) is 3. The molecule has 2 unspecified atom stereocenters. The molecule has 2 aromatic rings. The van der Waals surface area contributed by atoms with Crippen molar-refractivity contribution in [3.05, 3.63) is 65.5 Å². The zero-order chi connectivity index (χ0) is 16.8. The monoisotopic (exact) mass is 316 g/mol. The third kappa shape index (κ3) is 4.07. The van der Waals surface area contributed by atoms with E-state index in [4.69, 9.17) is 10.5 Å². The van der Waals surface area contributed by atoms with Crippen LogP contribution in [0.2, 0.25) is 0 Å². The average Bonchev–Trinajstić information content (AvgIpc) is 2.56. The maximum Gasteiger partial charge on any atom is 0.229 e. The largest absolute Gasteiger partial charge is 0.496 e. The average molecular weight is 316 g/mol. The Hall–Kier alpha value is -2.40. The molecule has 0 fully saturated rings. The lowest BCUT2D eigenvalue weighted by molar-refractivity contribution is -0.123. The zero-order valence-electron chi connectivity index (χ0n) is 13.3. The molecule has 122 valence electrons. The van der Waals surface area contributed by atoms with Gasteiger partial charge < -0.3 is 15.8 Å². The molecule has 0 aromatic heterocycles. The molecule has 0 aliphatic carbocycles. The van der Waals surface area contributed by atoms with Crippen LogP contribution in [-0.4, -0.2) is 19.6 Å². The fraction of sp³-hybridized carbons (Fsp3) is 0.278. The maximum absolute atomic E-state index is 13.5. The van der Waals surface area contributed by atoms with E-state index in [1.54, 1.807) is 13.0 Å². The highest BCUT2D eigenvalue weighted by Crippen LogP contribution is 2.26. The van der Waals surface area contributed by atoms with Gasteiger partial charge in [0.2, 0.25) is 5.91 Å². The molecule has 0 saturated heterocycles. The maximum atomic E-state index is 13.5. The van der Waals surface area contributed by atoms with Crippen LogP contribution >= 0.6 is 0 Å². The first-order chi connectivity index (χ1) is 11.1. The molecule has 23 heavy (non-hydrogen) atoms. The summed E-state index contributed by atoms with van der Waals surface area (Å²) in [6.07, 6.45) is 0. The van der Waals surface area contributed by atoms with Crippen molar-refractivity contribution < 1.29 is 13.9 Å². The van der Waals surface area contributed by atoms with Crippen LogP contribution in [0.3, 0.4) is 0 Å². The predicted octanol–water partition coefficient (Wildman–Crippen LogP) is 2.75. The van der Waals surface area contributed by atoms with Crippen LogP contribution in [0.5, 0.6) is 5.75 Å². The zero-order valence-corrected chi connectivity index (χ0v) is 13.3. The second-order valence-corrected chi connectivity index (χ2v) is 5.32. The number of hydrogen-bond donors (Lipinski definition) is 2. The summed E-state index contributed by atoms with van der Waals surface area (Å²) in [5.41, 5.74) is 7.20. The van der Waals surface area contributed by atoms with E-state index in [2.05, 4.69) is 5.32 Å². The minimum atomic E-state index is -0.446. The normalized spacial score (nSPS) is 13.2. The summed E-state index contributed by atoms with van der Waals surface area (Å²) in [6, 6.07) is 13.2. The van der Waals surface area contributed by atoms with Gasteiger partial charge in [-0.05, 0) is 30.7 Å². The van der Waals surface area contributed by atoms with E-state index < -0.39 is 12.0 Å². The molecule has 0 aliphatic rings. The van der Waals surface area contributed by atoms with Crippen molar-refractivity contribution in [2.45, 2.75) is 18.9 Å². The number of methoxy groups -OCH3 is 1. The number of carbonyl (C=O) groups is 1. The smallest absolute Gasteiger partial charge is 0.229 e. The number of ether oxygens (including phenoxy) is 1. The van der Waals surface area contributed by atoms with Crippen LogP contribution in [0.25, 0.3) is 0 Å². The lowest BCUT2D eigenvalue weighted by Gasteiger charge is -2.21. The molecule has 1 amide bonds. The van der Waals surface area contributed by atoms with Gasteiger partial charge in [0.15, 0.2) is 0 Å². The standard InChI is InChI=1S/C18H21FN2O2/c1-12(15-10-14(19)8-9-17(15)23-2)21-18(22)16(11-20)13-6-4-3-5-7-13/h3-10,12,16H,11,20H2,1-2H3,(H,21,22). The highest BCUT2D eigenvalue weighted by atomic mass is 19.1. The Kier molecular flexibility index (Phi) is 5.71. The van der Waals surface area contributed by atoms with Crippen LogP contribution in [0.4, 0.5) is 4.39 Å². The number of rotatable bonds is 6. The Bertz CT molecular complexity index is 661. The van der Waals surface area contributed by atoms with Crippen molar-refractivity contribution >= 4 is 5.91 Å². The van der Waals surface area contributed by atoms with E-state index in [1.165, 1.54) is 19.2 Å².